The van der Waals surface area contributed by atoms with Crippen LogP contribution in [0.5, 0.6) is 11.5 Å². The van der Waals surface area contributed by atoms with Crippen LogP contribution < -0.4 is 20.2 Å². The van der Waals surface area contributed by atoms with Gasteiger partial charge in [0.05, 0.1) is 12.8 Å². The predicted molar refractivity (Wildman–Crippen MR) is 94.4 cm³/mol. The van der Waals surface area contributed by atoms with E-state index in [9.17, 15) is 14.4 Å². The number of amides is 2. The van der Waals surface area contributed by atoms with Gasteiger partial charge in [0.1, 0.15) is 0 Å². The van der Waals surface area contributed by atoms with Crippen molar-refractivity contribution in [3.63, 3.8) is 0 Å². The summed E-state index contributed by atoms with van der Waals surface area (Å²) in [5.41, 5.74) is 2.70. The normalized spacial score (nSPS) is 11.7. The highest BCUT2D eigenvalue weighted by atomic mass is 16.5. The number of carbonyl (C=O) groups is 3. The molecule has 0 aliphatic carbocycles. The van der Waals surface area contributed by atoms with E-state index in [4.69, 9.17) is 14.6 Å². The Bertz CT molecular complexity index is 674. The minimum atomic E-state index is -1.10. The Morgan fingerprint density at radius 2 is 1.92 bits per heavy atom. The average Bonchev–Trinajstić information content (AvgIpc) is 2.60. The van der Waals surface area contributed by atoms with Crippen LogP contribution in [0.3, 0.4) is 0 Å². The van der Waals surface area contributed by atoms with Crippen molar-refractivity contribution in [2.45, 2.75) is 33.2 Å². The molecule has 3 N–H and O–H groups in total. The van der Waals surface area contributed by atoms with E-state index in [1.165, 1.54) is 12.3 Å². The fraction of sp³-hybridized carbons (Fsp3) is 0.412. The van der Waals surface area contributed by atoms with Gasteiger partial charge in [-0.3, -0.25) is 9.59 Å². The Morgan fingerprint density at radius 3 is 2.54 bits per heavy atom. The molecule has 2 amide bonds. The lowest BCUT2D eigenvalue weighted by Crippen LogP contribution is -2.41. The Morgan fingerprint density at radius 1 is 1.19 bits per heavy atom. The van der Waals surface area contributed by atoms with Crippen LogP contribution in [-0.2, 0) is 14.4 Å². The summed E-state index contributed by atoms with van der Waals surface area (Å²) < 4.78 is 10.5. The van der Waals surface area contributed by atoms with Crippen molar-refractivity contribution in [2.75, 3.05) is 13.2 Å². The summed E-state index contributed by atoms with van der Waals surface area (Å²) >= 11 is 0. The fourth-order valence-corrected chi connectivity index (χ4v) is 1.74. The van der Waals surface area contributed by atoms with Gasteiger partial charge in [0.25, 0.3) is 0 Å². The lowest BCUT2D eigenvalue weighted by Gasteiger charge is -2.11. The maximum absolute atomic E-state index is 11.6. The molecule has 0 aliphatic rings. The van der Waals surface area contributed by atoms with Gasteiger partial charge in [-0.1, -0.05) is 6.92 Å². The molecule has 1 aromatic rings. The summed E-state index contributed by atoms with van der Waals surface area (Å²) in [6.07, 6.45) is 2.04. The van der Waals surface area contributed by atoms with E-state index in [2.05, 4.69) is 15.8 Å². The summed E-state index contributed by atoms with van der Waals surface area (Å²) in [4.78, 5) is 33.8. The molecule has 0 spiro atoms. The van der Waals surface area contributed by atoms with Crippen molar-refractivity contribution in [1.29, 1.82) is 0 Å². The van der Waals surface area contributed by atoms with Crippen LogP contribution in [0.2, 0.25) is 0 Å². The fourth-order valence-electron chi connectivity index (χ4n) is 1.74. The van der Waals surface area contributed by atoms with Crippen LogP contribution in [0.25, 0.3) is 0 Å². The number of carboxylic acids is 1. The highest BCUT2D eigenvalue weighted by Crippen LogP contribution is 2.28. The summed E-state index contributed by atoms with van der Waals surface area (Å²) in [5.74, 6) is -2.10. The van der Waals surface area contributed by atoms with E-state index in [0.29, 0.717) is 24.3 Å². The molecule has 0 saturated carbocycles. The average molecular weight is 365 g/mol. The molecule has 9 heteroatoms. The van der Waals surface area contributed by atoms with Gasteiger partial charge in [0.15, 0.2) is 18.1 Å². The zero-order chi connectivity index (χ0) is 19.5. The second-order valence-corrected chi connectivity index (χ2v) is 5.30. The zero-order valence-electron chi connectivity index (χ0n) is 14.9. The van der Waals surface area contributed by atoms with Gasteiger partial charge in [-0.2, -0.15) is 5.10 Å². The van der Waals surface area contributed by atoms with E-state index < -0.39 is 24.4 Å². The summed E-state index contributed by atoms with van der Waals surface area (Å²) in [5, 5.41) is 14.9. The predicted octanol–water partition coefficient (Wildman–Crippen LogP) is 0.913. The van der Waals surface area contributed by atoms with Crippen molar-refractivity contribution in [1.82, 2.24) is 10.7 Å². The molecule has 0 unspecified atom stereocenters. The highest BCUT2D eigenvalue weighted by molar-refractivity contribution is 6.35. The molecule has 0 fully saturated rings. The van der Waals surface area contributed by atoms with Crippen molar-refractivity contribution in [3.8, 4) is 11.5 Å². The molecule has 0 heterocycles. The third kappa shape index (κ3) is 7.20. The number of benzene rings is 1. The number of carboxylic acid groups (broad SMARTS) is 1. The number of hydrogen-bond donors (Lipinski definition) is 3. The van der Waals surface area contributed by atoms with Crippen LogP contribution in [0.15, 0.2) is 23.3 Å². The highest BCUT2D eigenvalue weighted by Gasteiger charge is 2.14. The van der Waals surface area contributed by atoms with Gasteiger partial charge in [0.2, 0.25) is 0 Å². The topological polar surface area (TPSA) is 126 Å². The SMILES string of the molecule is CCOc1cc(/C=N\NC(=O)C(=O)N[C@H](C)CC)ccc1OCC(=O)O. The number of aliphatic carboxylic acids is 1. The quantitative estimate of drug-likeness (QED) is 0.339. The van der Waals surface area contributed by atoms with Gasteiger partial charge in [0, 0.05) is 6.04 Å². The molecular formula is C17H23N3O6. The number of nitrogens with one attached hydrogen (secondary N) is 2. The van der Waals surface area contributed by atoms with Gasteiger partial charge in [-0.15, -0.1) is 0 Å². The van der Waals surface area contributed by atoms with Crippen LogP contribution in [-0.4, -0.2) is 48.4 Å². The molecule has 0 aliphatic heterocycles. The van der Waals surface area contributed by atoms with Crippen LogP contribution in [0.1, 0.15) is 32.8 Å². The first-order valence-corrected chi connectivity index (χ1v) is 8.12. The van der Waals surface area contributed by atoms with Gasteiger partial charge in [-0.25, -0.2) is 10.2 Å². The van der Waals surface area contributed by atoms with E-state index in [1.807, 2.05) is 6.92 Å². The monoisotopic (exact) mass is 365 g/mol. The van der Waals surface area contributed by atoms with Crippen molar-refractivity contribution < 1.29 is 29.0 Å². The molecule has 1 rings (SSSR count). The largest absolute Gasteiger partial charge is 0.490 e. The maximum Gasteiger partial charge on any atom is 0.341 e. The molecule has 142 valence electrons. The first-order valence-electron chi connectivity index (χ1n) is 8.12. The van der Waals surface area contributed by atoms with Crippen molar-refractivity contribution in [3.05, 3.63) is 23.8 Å². The number of ether oxygens (including phenoxy) is 2. The van der Waals surface area contributed by atoms with Gasteiger partial charge < -0.3 is 19.9 Å². The summed E-state index contributed by atoms with van der Waals surface area (Å²) in [6, 6.07) is 4.61. The molecular weight excluding hydrogens is 342 g/mol. The number of hydrogen-bond acceptors (Lipinski definition) is 6. The molecule has 1 atom stereocenters. The van der Waals surface area contributed by atoms with Crippen molar-refractivity contribution >= 4 is 24.0 Å². The standard InChI is InChI=1S/C17H23N3O6/c1-4-11(3)19-16(23)17(24)20-18-9-12-6-7-13(26-10-15(21)22)14(8-12)25-5-2/h6-9,11H,4-5,10H2,1-3H3,(H,19,23)(H,20,24)(H,21,22)/b18-9-/t11-/m1/s1. The van der Waals surface area contributed by atoms with Crippen molar-refractivity contribution in [2.24, 2.45) is 5.10 Å². The second kappa shape index (κ2) is 10.7. The number of hydrazone groups is 1. The molecule has 9 nitrogen and oxygen atoms in total. The molecule has 0 bridgehead atoms. The third-order valence-electron chi connectivity index (χ3n) is 3.19. The molecule has 0 saturated heterocycles. The van der Waals surface area contributed by atoms with Crippen LogP contribution >= 0.6 is 0 Å². The molecule has 0 radical (unpaired) electrons. The summed E-state index contributed by atoms with van der Waals surface area (Å²) in [6.45, 7) is 5.32. The zero-order valence-corrected chi connectivity index (χ0v) is 14.9. The maximum atomic E-state index is 11.6. The van der Waals surface area contributed by atoms with E-state index in [0.717, 1.165) is 0 Å². The van der Waals surface area contributed by atoms with E-state index in [1.54, 1.807) is 26.0 Å². The Kier molecular flexibility index (Phi) is 8.62. The van der Waals surface area contributed by atoms with Crippen LogP contribution in [0.4, 0.5) is 0 Å². The molecule has 1 aromatic carbocycles. The van der Waals surface area contributed by atoms with E-state index in [-0.39, 0.29) is 11.8 Å². The lowest BCUT2D eigenvalue weighted by atomic mass is 10.2. The Balaban J connectivity index is 2.72. The molecule has 26 heavy (non-hydrogen) atoms. The first kappa shape index (κ1) is 20.9. The van der Waals surface area contributed by atoms with Gasteiger partial charge in [-0.05, 0) is 44.0 Å². The molecule has 0 aromatic heterocycles. The van der Waals surface area contributed by atoms with E-state index >= 15 is 0 Å². The summed E-state index contributed by atoms with van der Waals surface area (Å²) in [7, 11) is 0. The second-order valence-electron chi connectivity index (χ2n) is 5.30. The van der Waals surface area contributed by atoms with Gasteiger partial charge >= 0.3 is 17.8 Å². The number of nitrogens with zero attached hydrogens (tertiary/aromatic N) is 1. The smallest absolute Gasteiger partial charge is 0.341 e. The lowest BCUT2D eigenvalue weighted by molar-refractivity contribution is -0.139. The van der Waals surface area contributed by atoms with Crippen LogP contribution in [0, 0.1) is 0 Å². The number of carbonyl (C=O) groups excluding carboxylic acids is 2. The first-order chi connectivity index (χ1) is 12.4. The Hall–Kier alpha value is -3.10. The number of rotatable bonds is 9. The Labute approximate surface area is 151 Å². The minimum absolute atomic E-state index is 0.107. The third-order valence-corrected chi connectivity index (χ3v) is 3.19. The minimum Gasteiger partial charge on any atom is -0.490 e.